The van der Waals surface area contributed by atoms with E-state index in [4.69, 9.17) is 5.73 Å². The molecule has 0 amide bonds. The highest BCUT2D eigenvalue weighted by atomic mass is 15.3. The minimum Gasteiger partial charge on any atom is -0.329 e. The molecule has 0 aliphatic heterocycles. The number of nitrogens with two attached hydrogens (primary N) is 1. The fourth-order valence-electron chi connectivity index (χ4n) is 2.60. The fourth-order valence-corrected chi connectivity index (χ4v) is 2.60. The molecule has 2 rings (SSSR count). The van der Waals surface area contributed by atoms with E-state index >= 15 is 0 Å². The second kappa shape index (κ2) is 3.93. The second-order valence-corrected chi connectivity index (χ2v) is 4.93. The van der Waals surface area contributed by atoms with Crippen molar-refractivity contribution in [1.82, 2.24) is 14.8 Å². The molecule has 1 aromatic heterocycles. The smallest absolute Gasteiger partial charge is 0.140 e. The summed E-state index contributed by atoms with van der Waals surface area (Å²) in [4.78, 5) is 0. The van der Waals surface area contributed by atoms with Gasteiger partial charge in [0, 0.05) is 19.0 Å². The lowest BCUT2D eigenvalue weighted by atomic mass is 9.70. The van der Waals surface area contributed by atoms with E-state index in [1.807, 2.05) is 11.6 Å². The van der Waals surface area contributed by atoms with Gasteiger partial charge in [0.2, 0.25) is 0 Å². The Hall–Kier alpha value is -0.900. The van der Waals surface area contributed by atoms with Crippen molar-refractivity contribution in [3.05, 3.63) is 12.2 Å². The molecule has 1 aliphatic rings. The van der Waals surface area contributed by atoms with E-state index < -0.39 is 0 Å². The molecule has 0 unspecified atom stereocenters. The number of aromatic nitrogens is 3. The van der Waals surface area contributed by atoms with Crippen molar-refractivity contribution in [2.75, 3.05) is 6.54 Å². The van der Waals surface area contributed by atoms with E-state index in [1.54, 1.807) is 6.33 Å². The van der Waals surface area contributed by atoms with Gasteiger partial charge in [-0.1, -0.05) is 6.92 Å². The largest absolute Gasteiger partial charge is 0.329 e. The molecule has 15 heavy (non-hydrogen) atoms. The Morgan fingerprint density at radius 3 is 2.67 bits per heavy atom. The Morgan fingerprint density at radius 2 is 2.20 bits per heavy atom. The number of aryl methyl sites for hydroxylation is 1. The fraction of sp³-hybridized carbons (Fsp3) is 0.818. The van der Waals surface area contributed by atoms with Gasteiger partial charge in [0.15, 0.2) is 0 Å². The van der Waals surface area contributed by atoms with E-state index in [1.165, 1.54) is 12.8 Å². The number of hydrogen-bond acceptors (Lipinski definition) is 3. The van der Waals surface area contributed by atoms with Gasteiger partial charge >= 0.3 is 0 Å². The summed E-state index contributed by atoms with van der Waals surface area (Å²) in [6.07, 6.45) is 6.58. The average molecular weight is 208 g/mol. The number of hydrogen-bond donors (Lipinski definition) is 1. The first-order chi connectivity index (χ1) is 7.18. The molecule has 1 heterocycles. The molecule has 0 saturated heterocycles. The summed E-state index contributed by atoms with van der Waals surface area (Å²) in [5.74, 6) is 1.90. The van der Waals surface area contributed by atoms with Gasteiger partial charge in [-0.2, -0.15) is 0 Å². The zero-order valence-electron chi connectivity index (χ0n) is 9.61. The topological polar surface area (TPSA) is 56.7 Å². The summed E-state index contributed by atoms with van der Waals surface area (Å²) >= 11 is 0. The number of nitrogens with zero attached hydrogens (tertiary/aromatic N) is 3. The highest BCUT2D eigenvalue weighted by Crippen LogP contribution is 2.39. The summed E-state index contributed by atoms with van der Waals surface area (Å²) < 4.78 is 2.02. The first-order valence-electron chi connectivity index (χ1n) is 5.72. The van der Waals surface area contributed by atoms with Crippen molar-refractivity contribution >= 4 is 0 Å². The SMILES string of the molecule is CC1CCC(CN)(c2nncn2C)CC1. The van der Waals surface area contributed by atoms with Crippen LogP contribution in [0.25, 0.3) is 0 Å². The lowest BCUT2D eigenvalue weighted by molar-refractivity contribution is 0.232. The van der Waals surface area contributed by atoms with Crippen LogP contribution in [0, 0.1) is 5.92 Å². The average Bonchev–Trinajstić information content (AvgIpc) is 2.67. The molecule has 4 nitrogen and oxygen atoms in total. The quantitative estimate of drug-likeness (QED) is 0.795. The minimum absolute atomic E-state index is 0.0811. The molecule has 0 bridgehead atoms. The third-order valence-corrected chi connectivity index (χ3v) is 3.81. The lowest BCUT2D eigenvalue weighted by Crippen LogP contribution is -2.40. The molecular weight excluding hydrogens is 188 g/mol. The zero-order valence-corrected chi connectivity index (χ0v) is 9.61. The maximum Gasteiger partial charge on any atom is 0.140 e. The van der Waals surface area contributed by atoms with Crippen LogP contribution in [0.1, 0.15) is 38.4 Å². The third kappa shape index (κ3) is 1.78. The molecule has 2 N–H and O–H groups in total. The highest BCUT2D eigenvalue weighted by molar-refractivity contribution is 5.10. The Balaban J connectivity index is 2.26. The Morgan fingerprint density at radius 1 is 1.53 bits per heavy atom. The van der Waals surface area contributed by atoms with Crippen LogP contribution in [0.15, 0.2) is 6.33 Å². The zero-order chi connectivity index (χ0) is 10.9. The van der Waals surface area contributed by atoms with Gasteiger partial charge < -0.3 is 10.3 Å². The van der Waals surface area contributed by atoms with Crippen LogP contribution in [-0.2, 0) is 12.5 Å². The standard InChI is InChI=1S/C11H20N4/c1-9-3-5-11(7-12,6-4-9)10-14-13-8-15(10)2/h8-9H,3-7,12H2,1-2H3. The Labute approximate surface area is 90.9 Å². The lowest BCUT2D eigenvalue weighted by Gasteiger charge is -2.37. The van der Waals surface area contributed by atoms with Crippen LogP contribution >= 0.6 is 0 Å². The first kappa shape index (κ1) is 10.6. The van der Waals surface area contributed by atoms with Crippen LogP contribution in [-0.4, -0.2) is 21.3 Å². The molecule has 1 aliphatic carbocycles. The summed E-state index contributed by atoms with van der Waals surface area (Å²) in [5, 5.41) is 8.21. The van der Waals surface area contributed by atoms with Crippen molar-refractivity contribution in [1.29, 1.82) is 0 Å². The predicted molar refractivity (Wildman–Crippen MR) is 59.4 cm³/mol. The molecule has 1 saturated carbocycles. The highest BCUT2D eigenvalue weighted by Gasteiger charge is 2.38. The molecule has 4 heteroatoms. The summed E-state index contributed by atoms with van der Waals surface area (Å²) in [7, 11) is 2.00. The van der Waals surface area contributed by atoms with E-state index in [0.29, 0.717) is 6.54 Å². The molecule has 84 valence electrons. The van der Waals surface area contributed by atoms with Crippen molar-refractivity contribution in [3.63, 3.8) is 0 Å². The van der Waals surface area contributed by atoms with Crippen molar-refractivity contribution in [2.45, 2.75) is 38.0 Å². The molecule has 1 aromatic rings. The van der Waals surface area contributed by atoms with E-state index in [-0.39, 0.29) is 5.41 Å². The molecule has 0 spiro atoms. The Kier molecular flexibility index (Phi) is 2.78. The maximum atomic E-state index is 5.96. The van der Waals surface area contributed by atoms with Gasteiger partial charge in [-0.15, -0.1) is 10.2 Å². The van der Waals surface area contributed by atoms with Gasteiger partial charge in [0.1, 0.15) is 12.2 Å². The molecular formula is C11H20N4. The van der Waals surface area contributed by atoms with Crippen LogP contribution in [0.3, 0.4) is 0 Å². The summed E-state index contributed by atoms with van der Waals surface area (Å²) in [6.45, 7) is 3.00. The van der Waals surface area contributed by atoms with Crippen molar-refractivity contribution in [3.8, 4) is 0 Å². The van der Waals surface area contributed by atoms with Gasteiger partial charge in [0.05, 0.1) is 0 Å². The van der Waals surface area contributed by atoms with Crippen LogP contribution < -0.4 is 5.73 Å². The second-order valence-electron chi connectivity index (χ2n) is 4.93. The summed E-state index contributed by atoms with van der Waals surface area (Å²) in [6, 6.07) is 0. The van der Waals surface area contributed by atoms with Gasteiger partial charge in [-0.3, -0.25) is 0 Å². The number of rotatable bonds is 2. The third-order valence-electron chi connectivity index (χ3n) is 3.81. The van der Waals surface area contributed by atoms with Gasteiger partial charge in [0.25, 0.3) is 0 Å². The van der Waals surface area contributed by atoms with E-state index in [0.717, 1.165) is 24.6 Å². The van der Waals surface area contributed by atoms with Crippen LogP contribution in [0.5, 0.6) is 0 Å². The predicted octanol–water partition coefficient (Wildman–Crippen LogP) is 1.22. The summed E-state index contributed by atoms with van der Waals surface area (Å²) in [5.41, 5.74) is 6.04. The van der Waals surface area contributed by atoms with E-state index in [9.17, 15) is 0 Å². The van der Waals surface area contributed by atoms with E-state index in [2.05, 4.69) is 17.1 Å². The van der Waals surface area contributed by atoms with Crippen LogP contribution in [0.4, 0.5) is 0 Å². The molecule has 1 fully saturated rings. The minimum atomic E-state index is 0.0811. The van der Waals surface area contributed by atoms with Gasteiger partial charge in [-0.05, 0) is 31.6 Å². The monoisotopic (exact) mass is 208 g/mol. The normalized spacial score (nSPS) is 31.8. The maximum absolute atomic E-state index is 5.96. The van der Waals surface area contributed by atoms with Gasteiger partial charge in [-0.25, -0.2) is 0 Å². The Bertz CT molecular complexity index is 323. The first-order valence-corrected chi connectivity index (χ1v) is 5.72. The van der Waals surface area contributed by atoms with Crippen molar-refractivity contribution < 1.29 is 0 Å². The molecule has 0 aromatic carbocycles. The molecule has 0 radical (unpaired) electrons. The van der Waals surface area contributed by atoms with Crippen molar-refractivity contribution in [2.24, 2.45) is 18.7 Å². The van der Waals surface area contributed by atoms with Crippen LogP contribution in [0.2, 0.25) is 0 Å². The molecule has 0 atom stereocenters.